The maximum Gasteiger partial charge on any atom is 0.0488 e. The van der Waals surface area contributed by atoms with Gasteiger partial charge in [-0.05, 0) is 59.8 Å². The number of nitrogens with one attached hydrogen (secondary N) is 3. The van der Waals surface area contributed by atoms with Gasteiger partial charge in [0.05, 0.1) is 0 Å². The molecule has 0 aromatic heterocycles. The topological polar surface area (TPSA) is 36.1 Å². The van der Waals surface area contributed by atoms with Crippen molar-refractivity contribution in [3.8, 4) is 11.1 Å². The minimum Gasteiger partial charge on any atom is -0.387 e. The van der Waals surface area contributed by atoms with Crippen LogP contribution in [0.2, 0.25) is 0 Å². The number of aryl methyl sites for hydroxylation is 1. The molecule has 186 valence electrons. The molecule has 35 heavy (non-hydrogen) atoms. The fourth-order valence-corrected chi connectivity index (χ4v) is 3.48. The highest BCUT2D eigenvalue weighted by molar-refractivity contribution is 5.66. The SMILES string of the molecule is C=C.C=C(C)C(NNc1ccc(-c2ccc(CC)cc2)cc1)C(C)C.C=CNCc1ccccc1. The third-order valence-corrected chi connectivity index (χ3v) is 5.44. The summed E-state index contributed by atoms with van der Waals surface area (Å²) in [5.74, 6) is 0.497. The first-order valence-electron chi connectivity index (χ1n) is 12.2. The van der Waals surface area contributed by atoms with Crippen LogP contribution in [0.25, 0.3) is 11.1 Å². The second-order valence-electron chi connectivity index (χ2n) is 8.54. The maximum absolute atomic E-state index is 4.05. The van der Waals surface area contributed by atoms with Crippen LogP contribution in [0.4, 0.5) is 5.69 Å². The second kappa shape index (κ2) is 17.0. The van der Waals surface area contributed by atoms with Crippen LogP contribution in [0.1, 0.15) is 38.8 Å². The van der Waals surface area contributed by atoms with Crippen LogP contribution in [0.3, 0.4) is 0 Å². The number of hydrogen-bond acceptors (Lipinski definition) is 3. The summed E-state index contributed by atoms with van der Waals surface area (Å²) in [6.07, 6.45) is 2.78. The van der Waals surface area contributed by atoms with Crippen molar-refractivity contribution in [3.63, 3.8) is 0 Å². The summed E-state index contributed by atoms with van der Waals surface area (Å²) in [6.45, 7) is 23.1. The van der Waals surface area contributed by atoms with Crippen LogP contribution >= 0.6 is 0 Å². The first kappa shape index (κ1) is 29.5. The lowest BCUT2D eigenvalue weighted by Crippen LogP contribution is -2.38. The van der Waals surface area contributed by atoms with Gasteiger partial charge in [-0.2, -0.15) is 0 Å². The Morgan fingerprint density at radius 1 is 0.829 bits per heavy atom. The number of hydrazine groups is 1. The Labute approximate surface area is 213 Å². The smallest absolute Gasteiger partial charge is 0.0488 e. The standard InChI is InChI=1S/C21H28N2.C9H11N.C2H4/c1-6-17-7-9-18(10-8-17)19-11-13-20(14-12-19)22-23-21(15(2)3)16(4)5;1-2-10-8-9-6-4-3-5-7-9;1-2/h7-14,16,21-23H,2,6H2,1,3-5H3;2-7,10H,1,8H2;1-2H2. The Hall–Kier alpha value is -3.56. The summed E-state index contributed by atoms with van der Waals surface area (Å²) in [7, 11) is 0. The van der Waals surface area contributed by atoms with E-state index in [-0.39, 0.29) is 6.04 Å². The van der Waals surface area contributed by atoms with Crippen molar-refractivity contribution in [2.75, 3.05) is 5.43 Å². The number of rotatable bonds is 10. The minimum absolute atomic E-state index is 0.260. The van der Waals surface area contributed by atoms with Crippen LogP contribution in [-0.4, -0.2) is 6.04 Å². The molecule has 3 heteroatoms. The molecule has 0 radical (unpaired) electrons. The zero-order chi connectivity index (χ0) is 26.1. The highest BCUT2D eigenvalue weighted by Gasteiger charge is 2.12. The average Bonchev–Trinajstić information content (AvgIpc) is 2.90. The van der Waals surface area contributed by atoms with Gasteiger partial charge in [0.25, 0.3) is 0 Å². The molecule has 0 saturated carbocycles. The highest BCUT2D eigenvalue weighted by atomic mass is 15.4. The van der Waals surface area contributed by atoms with Gasteiger partial charge in [-0.15, -0.1) is 13.2 Å². The zero-order valence-corrected chi connectivity index (χ0v) is 22.0. The van der Waals surface area contributed by atoms with Crippen molar-refractivity contribution in [2.45, 2.75) is 46.7 Å². The lowest BCUT2D eigenvalue weighted by atomic mass is 9.99. The van der Waals surface area contributed by atoms with Crippen molar-refractivity contribution in [2.24, 2.45) is 5.92 Å². The Bertz CT molecular complexity index is 974. The van der Waals surface area contributed by atoms with Crippen molar-refractivity contribution < 1.29 is 0 Å². The molecule has 0 aliphatic heterocycles. The molecule has 0 aliphatic rings. The van der Waals surface area contributed by atoms with Gasteiger partial charge in [0.2, 0.25) is 0 Å². The summed E-state index contributed by atoms with van der Waals surface area (Å²) < 4.78 is 0. The van der Waals surface area contributed by atoms with Gasteiger partial charge in [0.1, 0.15) is 0 Å². The van der Waals surface area contributed by atoms with E-state index >= 15 is 0 Å². The Balaban J connectivity index is 0.000000425. The van der Waals surface area contributed by atoms with E-state index in [1.54, 1.807) is 6.20 Å². The molecule has 1 unspecified atom stereocenters. The molecule has 3 rings (SSSR count). The quantitative estimate of drug-likeness (QED) is 0.207. The van der Waals surface area contributed by atoms with E-state index in [2.05, 4.69) is 131 Å². The number of hydrogen-bond donors (Lipinski definition) is 3. The van der Waals surface area contributed by atoms with Gasteiger partial charge in [-0.25, -0.2) is 5.43 Å². The van der Waals surface area contributed by atoms with E-state index in [0.29, 0.717) is 5.92 Å². The summed E-state index contributed by atoms with van der Waals surface area (Å²) in [4.78, 5) is 0. The largest absolute Gasteiger partial charge is 0.387 e. The molecule has 0 aliphatic carbocycles. The van der Waals surface area contributed by atoms with Crippen LogP contribution in [-0.2, 0) is 13.0 Å². The first-order valence-corrected chi connectivity index (χ1v) is 12.2. The third kappa shape index (κ3) is 10.9. The Morgan fingerprint density at radius 3 is 1.83 bits per heavy atom. The molecule has 0 spiro atoms. The van der Waals surface area contributed by atoms with E-state index in [1.165, 1.54) is 22.3 Å². The Kier molecular flexibility index (Phi) is 14.3. The predicted octanol–water partition coefficient (Wildman–Crippen LogP) is 8.16. The third-order valence-electron chi connectivity index (χ3n) is 5.44. The van der Waals surface area contributed by atoms with Crippen molar-refractivity contribution >= 4 is 5.69 Å². The van der Waals surface area contributed by atoms with Gasteiger partial charge in [-0.3, -0.25) is 0 Å². The molecule has 3 aromatic carbocycles. The zero-order valence-electron chi connectivity index (χ0n) is 22.0. The summed E-state index contributed by atoms with van der Waals surface area (Å²) in [5, 5.41) is 3.03. The lowest BCUT2D eigenvalue weighted by molar-refractivity contribution is 0.477. The molecule has 0 heterocycles. The number of anilines is 1. The monoisotopic (exact) mass is 469 g/mol. The Morgan fingerprint density at radius 2 is 1.37 bits per heavy atom. The van der Waals surface area contributed by atoms with E-state index in [0.717, 1.165) is 24.2 Å². The van der Waals surface area contributed by atoms with Crippen molar-refractivity contribution in [3.05, 3.63) is 128 Å². The van der Waals surface area contributed by atoms with Gasteiger partial charge in [0, 0.05) is 18.3 Å². The summed E-state index contributed by atoms with van der Waals surface area (Å²) in [5.41, 5.74) is 14.0. The molecular weight excluding hydrogens is 426 g/mol. The molecule has 0 fully saturated rings. The molecule has 1 atom stereocenters. The van der Waals surface area contributed by atoms with Crippen LogP contribution < -0.4 is 16.2 Å². The summed E-state index contributed by atoms with van der Waals surface area (Å²) >= 11 is 0. The van der Waals surface area contributed by atoms with Crippen LogP contribution in [0.15, 0.2) is 117 Å². The summed E-state index contributed by atoms with van der Waals surface area (Å²) in [6, 6.07) is 27.8. The van der Waals surface area contributed by atoms with Gasteiger partial charge < -0.3 is 10.7 Å². The van der Waals surface area contributed by atoms with Gasteiger partial charge >= 0.3 is 0 Å². The number of benzene rings is 3. The van der Waals surface area contributed by atoms with Crippen molar-refractivity contribution in [1.82, 2.24) is 10.7 Å². The lowest BCUT2D eigenvalue weighted by Gasteiger charge is -2.23. The van der Waals surface area contributed by atoms with E-state index < -0.39 is 0 Å². The van der Waals surface area contributed by atoms with Gasteiger partial charge in [0.15, 0.2) is 0 Å². The molecule has 0 bridgehead atoms. The molecular formula is C32H43N3. The fraction of sp³-hybridized carbons (Fsp3) is 0.250. The van der Waals surface area contributed by atoms with Crippen LogP contribution in [0.5, 0.6) is 0 Å². The molecule has 3 nitrogen and oxygen atoms in total. The normalized spacial score (nSPS) is 10.7. The molecule has 0 saturated heterocycles. The molecule has 3 aromatic rings. The first-order chi connectivity index (χ1) is 16.9. The van der Waals surface area contributed by atoms with Gasteiger partial charge in [-0.1, -0.05) is 106 Å². The maximum atomic E-state index is 4.05. The van der Waals surface area contributed by atoms with Crippen molar-refractivity contribution in [1.29, 1.82) is 0 Å². The fourth-order valence-electron chi connectivity index (χ4n) is 3.48. The van der Waals surface area contributed by atoms with E-state index in [4.69, 9.17) is 0 Å². The molecule has 0 amide bonds. The van der Waals surface area contributed by atoms with E-state index in [1.807, 2.05) is 18.2 Å². The molecule has 3 N–H and O–H groups in total. The highest BCUT2D eigenvalue weighted by Crippen LogP contribution is 2.22. The van der Waals surface area contributed by atoms with E-state index in [9.17, 15) is 0 Å². The minimum atomic E-state index is 0.260. The second-order valence-corrected chi connectivity index (χ2v) is 8.54. The average molecular weight is 470 g/mol. The predicted molar refractivity (Wildman–Crippen MR) is 156 cm³/mol. The van der Waals surface area contributed by atoms with Crippen LogP contribution in [0, 0.1) is 5.92 Å².